The summed E-state index contributed by atoms with van der Waals surface area (Å²) in [7, 11) is 1.50. The normalized spacial score (nSPS) is 15.3. The van der Waals surface area contributed by atoms with Gasteiger partial charge in [-0.2, -0.15) is 0 Å². The molecule has 0 heterocycles. The van der Waals surface area contributed by atoms with Crippen LogP contribution in [-0.4, -0.2) is 74.1 Å². The van der Waals surface area contributed by atoms with Crippen molar-refractivity contribution in [2.45, 2.75) is 77.2 Å². The third kappa shape index (κ3) is 25.9. The van der Waals surface area contributed by atoms with E-state index < -0.39 is 33.1 Å². The Morgan fingerprint density at radius 2 is 1.43 bits per heavy atom. The maximum absolute atomic E-state index is 12.0. The lowest BCUT2D eigenvalue weighted by Gasteiger charge is -2.24. The number of hydrogen-bond acceptors (Lipinski definition) is 6. The van der Waals surface area contributed by atoms with Gasteiger partial charge in [0.2, 0.25) is 0 Å². The summed E-state index contributed by atoms with van der Waals surface area (Å²) >= 11 is 0. The first-order chi connectivity index (χ1) is 17.6. The Morgan fingerprint density at radius 3 is 1.97 bits per heavy atom. The molecule has 0 aromatic heterocycles. The van der Waals surface area contributed by atoms with Crippen molar-refractivity contribution in [1.82, 2.24) is 0 Å². The van der Waals surface area contributed by atoms with Crippen LogP contribution in [-0.2, 0) is 23.1 Å². The van der Waals surface area contributed by atoms with Gasteiger partial charge in [0.25, 0.3) is 0 Å². The number of ether oxygens (including phenoxy) is 1. The lowest BCUT2D eigenvalue weighted by molar-refractivity contribution is -0.870. The van der Waals surface area contributed by atoms with Crippen molar-refractivity contribution >= 4 is 13.8 Å². The summed E-state index contributed by atoms with van der Waals surface area (Å²) in [6, 6.07) is 0. The van der Waals surface area contributed by atoms with Gasteiger partial charge in [0, 0.05) is 6.42 Å². The number of likely N-dealkylation sites (N-methyl/N-ethyl adjacent to an activating group) is 1. The Hall–Kier alpha value is -1.54. The van der Waals surface area contributed by atoms with Crippen molar-refractivity contribution in [3.63, 3.8) is 0 Å². The second-order valence-electron chi connectivity index (χ2n) is 9.89. The van der Waals surface area contributed by atoms with Crippen LogP contribution in [0.2, 0.25) is 0 Å². The number of phosphoric ester groups is 1. The molecule has 2 unspecified atom stereocenters. The van der Waals surface area contributed by atoms with Gasteiger partial charge in [-0.15, -0.1) is 0 Å². The van der Waals surface area contributed by atoms with Crippen LogP contribution in [0.5, 0.6) is 0 Å². The molecule has 9 heteroatoms. The molecule has 0 fully saturated rings. The molecule has 2 N–H and O–H groups in total. The van der Waals surface area contributed by atoms with Gasteiger partial charge in [0.15, 0.2) is 0 Å². The van der Waals surface area contributed by atoms with E-state index in [9.17, 15) is 19.4 Å². The summed E-state index contributed by atoms with van der Waals surface area (Å²) in [6.45, 7) is 1.84. The molecule has 0 aliphatic carbocycles. The van der Waals surface area contributed by atoms with Gasteiger partial charge >= 0.3 is 13.8 Å². The van der Waals surface area contributed by atoms with E-state index in [0.29, 0.717) is 17.4 Å². The lowest BCUT2D eigenvalue weighted by atomic mass is 10.1. The third-order valence-corrected chi connectivity index (χ3v) is 6.15. The fourth-order valence-electron chi connectivity index (χ4n) is 2.95. The quantitative estimate of drug-likeness (QED) is 0.0545. The highest BCUT2D eigenvalue weighted by Crippen LogP contribution is 2.43. The molecule has 0 rings (SSSR count). The second kappa shape index (κ2) is 22.4. The smallest absolute Gasteiger partial charge is 0.457 e. The lowest BCUT2D eigenvalue weighted by Crippen LogP contribution is -2.37. The van der Waals surface area contributed by atoms with Crippen LogP contribution in [0.4, 0.5) is 0 Å². The van der Waals surface area contributed by atoms with Crippen molar-refractivity contribution in [3.05, 3.63) is 48.6 Å². The predicted octanol–water partition coefficient (Wildman–Crippen LogP) is 5.88. The minimum atomic E-state index is -4.28. The number of rotatable bonds is 23. The van der Waals surface area contributed by atoms with E-state index in [4.69, 9.17) is 13.8 Å². The number of allylic oxidation sites excluding steroid dienone is 8. The molecule has 8 nitrogen and oxygen atoms in total. The highest BCUT2D eigenvalue weighted by atomic mass is 31.2. The van der Waals surface area contributed by atoms with Crippen molar-refractivity contribution in [2.24, 2.45) is 0 Å². The Labute approximate surface area is 224 Å². The monoisotopic (exact) mass is 544 g/mol. The number of phosphoric acid groups is 1. The Bertz CT molecular complexity index is 741. The zero-order valence-electron chi connectivity index (χ0n) is 23.4. The van der Waals surface area contributed by atoms with Crippen LogP contribution in [0.3, 0.4) is 0 Å². The summed E-state index contributed by atoms with van der Waals surface area (Å²) in [5.74, 6) is -0.512. The van der Waals surface area contributed by atoms with Gasteiger partial charge in [-0.1, -0.05) is 74.8 Å². The first kappa shape index (κ1) is 35.5. The molecule has 0 saturated carbocycles. The van der Waals surface area contributed by atoms with E-state index in [1.807, 2.05) is 33.3 Å². The van der Waals surface area contributed by atoms with Crippen LogP contribution in [0.1, 0.15) is 71.1 Å². The highest BCUT2D eigenvalue weighted by molar-refractivity contribution is 7.47. The Kier molecular flexibility index (Phi) is 21.5. The van der Waals surface area contributed by atoms with Gasteiger partial charge in [0.05, 0.1) is 34.4 Å². The van der Waals surface area contributed by atoms with Gasteiger partial charge < -0.3 is 19.2 Å². The molecular weight excluding hydrogens is 493 g/mol. The molecule has 37 heavy (non-hydrogen) atoms. The standard InChI is InChI=1S/C28H50NO7P/c1-5-6-7-8-9-10-11-12-13-14-15-16-17-18-19-20-21-22-28(31)36-27(25-30)26-35-37(32,33)34-24-23-29(2,3)4/h10-11,13-14,16-17,19-20,27,30H,5-9,12,15,18,21-26H2,1-4H3/p+1/b11-10-,14-13-,17-16-,20-19-. The minimum Gasteiger partial charge on any atom is -0.457 e. The summed E-state index contributed by atoms with van der Waals surface area (Å²) < 4.78 is 27.4. The average molecular weight is 545 g/mol. The van der Waals surface area contributed by atoms with Crippen molar-refractivity contribution < 1.29 is 37.6 Å². The van der Waals surface area contributed by atoms with Gasteiger partial charge in [-0.3, -0.25) is 13.8 Å². The van der Waals surface area contributed by atoms with E-state index in [-0.39, 0.29) is 13.0 Å². The third-order valence-electron chi connectivity index (χ3n) is 5.16. The van der Waals surface area contributed by atoms with Crippen LogP contribution in [0, 0.1) is 0 Å². The first-order valence-corrected chi connectivity index (χ1v) is 14.9. The topological polar surface area (TPSA) is 102 Å². The summed E-state index contributed by atoms with van der Waals surface area (Å²) in [4.78, 5) is 21.7. The molecule has 214 valence electrons. The molecule has 0 saturated heterocycles. The maximum Gasteiger partial charge on any atom is 0.472 e. The Morgan fingerprint density at radius 1 is 0.865 bits per heavy atom. The van der Waals surface area contributed by atoms with Crippen LogP contribution in [0.25, 0.3) is 0 Å². The van der Waals surface area contributed by atoms with E-state index in [0.717, 1.165) is 19.3 Å². The van der Waals surface area contributed by atoms with Crippen LogP contribution < -0.4 is 0 Å². The molecule has 0 amide bonds. The van der Waals surface area contributed by atoms with E-state index >= 15 is 0 Å². The molecule has 0 spiro atoms. The number of carbonyl (C=O) groups excluding carboxylic acids is 1. The van der Waals surface area contributed by atoms with E-state index in [2.05, 4.69) is 43.4 Å². The number of aliphatic hydroxyl groups is 1. The van der Waals surface area contributed by atoms with Gasteiger partial charge in [0.1, 0.15) is 19.3 Å². The molecule has 0 aromatic carbocycles. The number of unbranched alkanes of at least 4 members (excludes halogenated alkanes) is 4. The van der Waals surface area contributed by atoms with Crippen molar-refractivity contribution in [1.29, 1.82) is 0 Å². The average Bonchev–Trinajstić information content (AvgIpc) is 2.82. The van der Waals surface area contributed by atoms with Gasteiger partial charge in [-0.05, 0) is 38.5 Å². The summed E-state index contributed by atoms with van der Waals surface area (Å²) in [6.07, 6.45) is 25.6. The molecule has 0 aromatic rings. The number of quaternary nitrogens is 1. The fraction of sp³-hybridized carbons (Fsp3) is 0.679. The molecule has 0 radical (unpaired) electrons. The summed E-state index contributed by atoms with van der Waals surface area (Å²) in [5.41, 5.74) is 0. The largest absolute Gasteiger partial charge is 0.472 e. The van der Waals surface area contributed by atoms with Crippen LogP contribution in [0.15, 0.2) is 48.6 Å². The van der Waals surface area contributed by atoms with E-state index in [1.54, 1.807) is 0 Å². The zero-order valence-corrected chi connectivity index (χ0v) is 24.3. The summed E-state index contributed by atoms with van der Waals surface area (Å²) in [5, 5.41) is 9.37. The zero-order chi connectivity index (χ0) is 27.8. The molecular formula is C28H51NO7P+. The number of carbonyl (C=O) groups is 1. The van der Waals surface area contributed by atoms with Crippen molar-refractivity contribution in [3.8, 4) is 0 Å². The molecule has 2 atom stereocenters. The maximum atomic E-state index is 12.0. The molecule has 0 aliphatic heterocycles. The fourth-order valence-corrected chi connectivity index (χ4v) is 3.69. The highest BCUT2D eigenvalue weighted by Gasteiger charge is 2.25. The number of hydrogen-bond donors (Lipinski definition) is 2. The van der Waals surface area contributed by atoms with Crippen LogP contribution >= 0.6 is 7.82 Å². The Balaban J connectivity index is 3.94. The minimum absolute atomic E-state index is 0.0377. The van der Waals surface area contributed by atoms with Gasteiger partial charge in [-0.25, -0.2) is 4.57 Å². The number of esters is 1. The SMILES string of the molecule is CCCCCC/C=C\C/C=C\C/C=C\C/C=C\CCC(=O)OC(CO)COP(=O)(O)OCC[N+](C)(C)C. The van der Waals surface area contributed by atoms with Crippen molar-refractivity contribution in [2.75, 3.05) is 47.5 Å². The molecule has 0 aliphatic rings. The molecule has 0 bridgehead atoms. The van der Waals surface area contributed by atoms with E-state index in [1.165, 1.54) is 32.1 Å². The first-order valence-electron chi connectivity index (χ1n) is 13.4. The predicted molar refractivity (Wildman–Crippen MR) is 150 cm³/mol. The number of aliphatic hydroxyl groups excluding tert-OH is 1. The second-order valence-corrected chi connectivity index (χ2v) is 11.3. The number of nitrogens with zero attached hydrogens (tertiary/aromatic N) is 1.